The molecule has 2 heteroatoms. The third-order valence-corrected chi connectivity index (χ3v) is 3.70. The minimum atomic E-state index is -0.381. The van der Waals surface area contributed by atoms with E-state index >= 15 is 0 Å². The van der Waals surface area contributed by atoms with Gasteiger partial charge in [0.2, 0.25) is 0 Å². The molecule has 1 aliphatic carbocycles. The largest absolute Gasteiger partial charge is 0.388 e. The molecule has 1 aliphatic heterocycles. The first-order valence-corrected chi connectivity index (χ1v) is 5.48. The molecule has 0 aromatic heterocycles. The summed E-state index contributed by atoms with van der Waals surface area (Å²) in [5.74, 6) is 0. The van der Waals surface area contributed by atoms with Gasteiger partial charge in [-0.25, -0.2) is 0 Å². The lowest BCUT2D eigenvalue weighted by molar-refractivity contribution is 0.0117. The van der Waals surface area contributed by atoms with Gasteiger partial charge in [-0.1, -0.05) is 26.7 Å². The molecule has 2 aliphatic rings. The first-order chi connectivity index (χ1) is 6.02. The van der Waals surface area contributed by atoms with Crippen molar-refractivity contribution in [3.8, 4) is 0 Å². The van der Waals surface area contributed by atoms with E-state index in [-0.39, 0.29) is 5.60 Å². The van der Waals surface area contributed by atoms with Gasteiger partial charge in [0.1, 0.15) is 0 Å². The number of rotatable bonds is 1. The maximum atomic E-state index is 10.4. The molecule has 2 N–H and O–H groups in total. The molecule has 0 bridgehead atoms. The summed E-state index contributed by atoms with van der Waals surface area (Å²) in [6.45, 7) is 5.61. The standard InChI is InChI=1S/C11H21NO/c1-10(2)7-9(12-8-10)11(13)5-3-4-6-11/h9,12-13H,3-8H2,1-2H3/t9-/m0/s1. The fraction of sp³-hybridized carbons (Fsp3) is 1.00. The maximum Gasteiger partial charge on any atom is 0.0800 e. The van der Waals surface area contributed by atoms with Crippen molar-refractivity contribution in [2.45, 2.75) is 57.6 Å². The summed E-state index contributed by atoms with van der Waals surface area (Å²) in [5.41, 5.74) is -0.00322. The third kappa shape index (κ3) is 1.75. The topological polar surface area (TPSA) is 32.3 Å². The van der Waals surface area contributed by atoms with Gasteiger partial charge >= 0.3 is 0 Å². The molecule has 0 radical (unpaired) electrons. The van der Waals surface area contributed by atoms with Crippen LogP contribution in [0.3, 0.4) is 0 Å². The lowest BCUT2D eigenvalue weighted by atomic mass is 9.83. The van der Waals surface area contributed by atoms with Crippen molar-refractivity contribution in [2.75, 3.05) is 6.54 Å². The zero-order chi connectivity index (χ0) is 9.53. The molecule has 0 aromatic rings. The van der Waals surface area contributed by atoms with Crippen LogP contribution in [0.25, 0.3) is 0 Å². The first kappa shape index (κ1) is 9.47. The van der Waals surface area contributed by atoms with Gasteiger partial charge in [0.15, 0.2) is 0 Å². The summed E-state index contributed by atoms with van der Waals surface area (Å²) in [6.07, 6.45) is 5.54. The molecule has 2 rings (SSSR count). The summed E-state index contributed by atoms with van der Waals surface area (Å²) < 4.78 is 0. The van der Waals surface area contributed by atoms with Gasteiger partial charge in [0.25, 0.3) is 0 Å². The fourth-order valence-electron chi connectivity index (χ4n) is 2.81. The van der Waals surface area contributed by atoms with Crippen LogP contribution in [0.2, 0.25) is 0 Å². The highest BCUT2D eigenvalue weighted by molar-refractivity contribution is 5.01. The second-order valence-corrected chi connectivity index (χ2v) is 5.61. The van der Waals surface area contributed by atoms with Crippen molar-refractivity contribution in [1.29, 1.82) is 0 Å². The minimum Gasteiger partial charge on any atom is -0.388 e. The van der Waals surface area contributed by atoms with E-state index in [1.807, 2.05) is 0 Å². The highest BCUT2D eigenvalue weighted by atomic mass is 16.3. The molecular formula is C11H21NO. The van der Waals surface area contributed by atoms with E-state index in [0.717, 1.165) is 25.8 Å². The Balaban J connectivity index is 2.02. The first-order valence-electron chi connectivity index (χ1n) is 5.48. The Bertz CT molecular complexity index is 194. The van der Waals surface area contributed by atoms with Gasteiger partial charge in [0.05, 0.1) is 5.60 Å². The Kier molecular flexibility index (Phi) is 2.16. The van der Waals surface area contributed by atoms with Crippen LogP contribution < -0.4 is 5.32 Å². The molecule has 2 nitrogen and oxygen atoms in total. The zero-order valence-corrected chi connectivity index (χ0v) is 8.77. The van der Waals surface area contributed by atoms with Gasteiger partial charge in [-0.3, -0.25) is 0 Å². The summed E-state index contributed by atoms with van der Waals surface area (Å²) >= 11 is 0. The Labute approximate surface area is 80.7 Å². The minimum absolute atomic E-state index is 0.352. The van der Waals surface area contributed by atoms with Crippen LogP contribution in [0.15, 0.2) is 0 Å². The predicted molar refractivity (Wildman–Crippen MR) is 53.6 cm³/mol. The second kappa shape index (κ2) is 2.96. The molecule has 13 heavy (non-hydrogen) atoms. The van der Waals surface area contributed by atoms with Crippen molar-refractivity contribution in [1.82, 2.24) is 5.32 Å². The van der Waals surface area contributed by atoms with Crippen LogP contribution in [-0.2, 0) is 0 Å². The zero-order valence-electron chi connectivity index (χ0n) is 8.77. The van der Waals surface area contributed by atoms with E-state index < -0.39 is 0 Å². The maximum absolute atomic E-state index is 10.4. The van der Waals surface area contributed by atoms with Gasteiger partial charge in [-0.05, 0) is 24.7 Å². The molecule has 0 aromatic carbocycles. The molecule has 1 heterocycles. The monoisotopic (exact) mass is 183 g/mol. The van der Waals surface area contributed by atoms with Crippen molar-refractivity contribution in [3.63, 3.8) is 0 Å². The average molecular weight is 183 g/mol. The molecule has 0 spiro atoms. The van der Waals surface area contributed by atoms with Crippen molar-refractivity contribution >= 4 is 0 Å². The van der Waals surface area contributed by atoms with Crippen LogP contribution in [-0.4, -0.2) is 23.3 Å². The van der Waals surface area contributed by atoms with E-state index in [1.54, 1.807) is 0 Å². The Morgan fingerprint density at radius 2 is 1.85 bits per heavy atom. The smallest absolute Gasteiger partial charge is 0.0800 e. The van der Waals surface area contributed by atoms with Crippen molar-refractivity contribution in [3.05, 3.63) is 0 Å². The van der Waals surface area contributed by atoms with E-state index in [9.17, 15) is 5.11 Å². The molecule has 1 saturated heterocycles. The average Bonchev–Trinajstić information content (AvgIpc) is 2.58. The fourth-order valence-corrected chi connectivity index (χ4v) is 2.81. The number of hydrogen-bond acceptors (Lipinski definition) is 2. The molecular weight excluding hydrogens is 162 g/mol. The normalized spacial score (nSPS) is 36.7. The van der Waals surface area contributed by atoms with Gasteiger partial charge in [-0.15, -0.1) is 0 Å². The third-order valence-electron chi connectivity index (χ3n) is 3.70. The predicted octanol–water partition coefficient (Wildman–Crippen LogP) is 1.68. The molecule has 0 unspecified atom stereocenters. The van der Waals surface area contributed by atoms with E-state index in [2.05, 4.69) is 19.2 Å². The lowest BCUT2D eigenvalue weighted by Crippen LogP contribution is -2.45. The Morgan fingerprint density at radius 1 is 1.23 bits per heavy atom. The van der Waals surface area contributed by atoms with Crippen molar-refractivity contribution in [2.24, 2.45) is 5.41 Å². The summed E-state index contributed by atoms with van der Waals surface area (Å²) in [7, 11) is 0. The Hall–Kier alpha value is -0.0800. The van der Waals surface area contributed by atoms with Crippen LogP contribution in [0, 0.1) is 5.41 Å². The van der Waals surface area contributed by atoms with Crippen LogP contribution in [0.4, 0.5) is 0 Å². The highest BCUT2D eigenvalue weighted by Gasteiger charge is 2.45. The molecule has 2 fully saturated rings. The van der Waals surface area contributed by atoms with E-state index in [0.29, 0.717) is 11.5 Å². The number of aliphatic hydroxyl groups is 1. The van der Waals surface area contributed by atoms with E-state index in [1.165, 1.54) is 12.8 Å². The molecule has 76 valence electrons. The van der Waals surface area contributed by atoms with Gasteiger partial charge < -0.3 is 10.4 Å². The van der Waals surface area contributed by atoms with E-state index in [4.69, 9.17) is 0 Å². The van der Waals surface area contributed by atoms with Gasteiger partial charge in [-0.2, -0.15) is 0 Å². The summed E-state index contributed by atoms with van der Waals surface area (Å²) in [4.78, 5) is 0. The van der Waals surface area contributed by atoms with Gasteiger partial charge in [0, 0.05) is 12.6 Å². The van der Waals surface area contributed by atoms with Crippen LogP contribution in [0.5, 0.6) is 0 Å². The highest BCUT2D eigenvalue weighted by Crippen LogP contribution is 2.40. The lowest BCUT2D eigenvalue weighted by Gasteiger charge is -2.30. The number of nitrogens with one attached hydrogen (secondary N) is 1. The quantitative estimate of drug-likeness (QED) is 0.648. The SMILES string of the molecule is CC1(C)CN[C@H](C2(O)CCCC2)C1. The Morgan fingerprint density at radius 3 is 2.31 bits per heavy atom. The van der Waals surface area contributed by atoms with Crippen LogP contribution >= 0.6 is 0 Å². The second-order valence-electron chi connectivity index (χ2n) is 5.61. The molecule has 1 atom stereocenters. The van der Waals surface area contributed by atoms with Crippen molar-refractivity contribution < 1.29 is 5.11 Å². The summed E-state index contributed by atoms with van der Waals surface area (Å²) in [5, 5.41) is 13.8. The molecule has 0 amide bonds. The molecule has 1 saturated carbocycles. The van der Waals surface area contributed by atoms with Crippen LogP contribution in [0.1, 0.15) is 46.0 Å². The summed E-state index contributed by atoms with van der Waals surface area (Å²) in [6, 6.07) is 0.352. The number of hydrogen-bond donors (Lipinski definition) is 2.